The quantitative estimate of drug-likeness (QED) is 0.606. The van der Waals surface area contributed by atoms with Crippen LogP contribution in [0.1, 0.15) is 35.2 Å². The minimum atomic E-state index is -3.64. The molecule has 0 amide bonds. The van der Waals surface area contributed by atoms with E-state index in [0.717, 1.165) is 18.4 Å². The van der Waals surface area contributed by atoms with Gasteiger partial charge in [0.25, 0.3) is 0 Å². The van der Waals surface area contributed by atoms with Crippen molar-refractivity contribution in [3.05, 3.63) is 71.8 Å². The average molecular weight is 368 g/mol. The predicted octanol–water partition coefficient (Wildman–Crippen LogP) is 3.91. The van der Waals surface area contributed by atoms with E-state index in [9.17, 15) is 13.2 Å². The summed E-state index contributed by atoms with van der Waals surface area (Å²) in [5.41, 5.74) is 1.39. The number of methoxy groups -OCH3 is 1. The third-order valence-electron chi connectivity index (χ3n) is 5.58. The van der Waals surface area contributed by atoms with E-state index >= 15 is 0 Å². The number of carbonyl (C=O) groups is 1. The Morgan fingerprint density at radius 3 is 2.46 bits per heavy atom. The summed E-state index contributed by atoms with van der Waals surface area (Å²) in [5, 5.41) is 0. The SMILES string of the molecule is COC(=O)c1ccc(S(=O)(=O)c2cccc(C34C=CC(CC3)C4)c2)cc1. The van der Waals surface area contributed by atoms with Gasteiger partial charge >= 0.3 is 5.97 Å². The van der Waals surface area contributed by atoms with Crippen molar-refractivity contribution in [1.82, 2.24) is 0 Å². The Labute approximate surface area is 153 Å². The topological polar surface area (TPSA) is 60.4 Å². The number of hydrogen-bond acceptors (Lipinski definition) is 4. The van der Waals surface area contributed by atoms with Gasteiger partial charge in [-0.05, 0) is 67.1 Å². The molecule has 2 aromatic carbocycles. The van der Waals surface area contributed by atoms with Crippen LogP contribution in [0.2, 0.25) is 0 Å². The van der Waals surface area contributed by atoms with Crippen LogP contribution in [0.5, 0.6) is 0 Å². The molecular weight excluding hydrogens is 348 g/mol. The van der Waals surface area contributed by atoms with Crippen LogP contribution in [0.25, 0.3) is 0 Å². The highest BCUT2D eigenvalue weighted by Crippen LogP contribution is 2.51. The van der Waals surface area contributed by atoms with Gasteiger partial charge < -0.3 is 4.74 Å². The molecule has 0 saturated heterocycles. The van der Waals surface area contributed by atoms with Crippen LogP contribution in [-0.2, 0) is 20.0 Å². The second kappa shape index (κ2) is 6.09. The molecule has 1 fully saturated rings. The highest BCUT2D eigenvalue weighted by molar-refractivity contribution is 7.91. The monoisotopic (exact) mass is 368 g/mol. The Kier molecular flexibility index (Phi) is 3.99. The van der Waals surface area contributed by atoms with Crippen LogP contribution in [-0.4, -0.2) is 21.5 Å². The van der Waals surface area contributed by atoms with Crippen molar-refractivity contribution in [2.45, 2.75) is 34.5 Å². The zero-order valence-electron chi connectivity index (χ0n) is 14.5. The third kappa shape index (κ3) is 2.67. The smallest absolute Gasteiger partial charge is 0.337 e. The highest BCUT2D eigenvalue weighted by Gasteiger charge is 2.42. The van der Waals surface area contributed by atoms with E-state index in [1.165, 1.54) is 37.8 Å². The van der Waals surface area contributed by atoms with Gasteiger partial charge in [-0.2, -0.15) is 0 Å². The molecule has 2 atom stereocenters. The number of fused-ring (bicyclic) bond motifs is 2. The van der Waals surface area contributed by atoms with E-state index in [2.05, 4.69) is 16.9 Å². The van der Waals surface area contributed by atoms with Crippen molar-refractivity contribution in [3.63, 3.8) is 0 Å². The van der Waals surface area contributed by atoms with Gasteiger partial charge in [-0.1, -0.05) is 24.3 Å². The first-order valence-electron chi connectivity index (χ1n) is 8.68. The van der Waals surface area contributed by atoms with Crippen LogP contribution in [0.3, 0.4) is 0 Å². The Morgan fingerprint density at radius 1 is 1.12 bits per heavy atom. The molecule has 0 radical (unpaired) electrons. The van der Waals surface area contributed by atoms with E-state index in [1.807, 2.05) is 18.2 Å². The molecule has 1 saturated carbocycles. The lowest BCUT2D eigenvalue weighted by Crippen LogP contribution is -2.18. The van der Waals surface area contributed by atoms with E-state index in [0.29, 0.717) is 16.4 Å². The standard InChI is InChI=1S/C21H20O4S/c1-25-20(22)16-5-7-18(8-6-16)26(23,24)19-4-2-3-17(13-19)21-11-9-15(14-21)10-12-21/h2-9,11,13,15H,10,12,14H2,1H3. The van der Waals surface area contributed by atoms with E-state index in [4.69, 9.17) is 0 Å². The summed E-state index contributed by atoms with van der Waals surface area (Å²) in [5.74, 6) is 0.139. The van der Waals surface area contributed by atoms with Gasteiger partial charge in [-0.15, -0.1) is 0 Å². The summed E-state index contributed by atoms with van der Waals surface area (Å²) in [6.07, 6.45) is 7.83. The number of sulfone groups is 1. The summed E-state index contributed by atoms with van der Waals surface area (Å²) < 4.78 is 30.7. The summed E-state index contributed by atoms with van der Waals surface area (Å²) >= 11 is 0. The number of benzene rings is 2. The second-order valence-corrected chi connectivity index (χ2v) is 9.02. The molecule has 134 valence electrons. The largest absolute Gasteiger partial charge is 0.465 e. The predicted molar refractivity (Wildman–Crippen MR) is 97.8 cm³/mol. The van der Waals surface area contributed by atoms with Crippen LogP contribution >= 0.6 is 0 Å². The molecule has 4 nitrogen and oxygen atoms in total. The zero-order chi connectivity index (χ0) is 18.4. The van der Waals surface area contributed by atoms with Gasteiger partial charge in [0.15, 0.2) is 0 Å². The molecule has 0 spiro atoms. The molecular formula is C21H20O4S. The van der Waals surface area contributed by atoms with Gasteiger partial charge in [0.2, 0.25) is 9.84 Å². The minimum Gasteiger partial charge on any atom is -0.465 e. The lowest BCUT2D eigenvalue weighted by molar-refractivity contribution is 0.0600. The van der Waals surface area contributed by atoms with Gasteiger partial charge in [-0.3, -0.25) is 0 Å². The normalized spacial score (nSPS) is 24.0. The van der Waals surface area contributed by atoms with Gasteiger partial charge in [0.1, 0.15) is 0 Å². The first-order valence-corrected chi connectivity index (χ1v) is 10.2. The molecule has 2 aliphatic carbocycles. The summed E-state index contributed by atoms with van der Waals surface area (Å²) in [6, 6.07) is 13.1. The minimum absolute atomic E-state index is 0.00899. The maximum absolute atomic E-state index is 13.0. The molecule has 2 bridgehead atoms. The Bertz CT molecular complexity index is 989. The van der Waals surface area contributed by atoms with Crippen molar-refractivity contribution in [2.75, 3.05) is 7.11 Å². The summed E-state index contributed by atoms with van der Waals surface area (Å²) in [6.45, 7) is 0. The van der Waals surface area contributed by atoms with Crippen LogP contribution in [0, 0.1) is 5.92 Å². The number of carbonyl (C=O) groups excluding carboxylic acids is 1. The van der Waals surface area contributed by atoms with E-state index < -0.39 is 15.8 Å². The van der Waals surface area contributed by atoms with Gasteiger partial charge in [0, 0.05) is 5.41 Å². The van der Waals surface area contributed by atoms with Gasteiger partial charge in [0.05, 0.1) is 22.5 Å². The molecule has 2 aliphatic rings. The van der Waals surface area contributed by atoms with Crippen molar-refractivity contribution >= 4 is 15.8 Å². The average Bonchev–Trinajstić information content (AvgIpc) is 3.30. The highest BCUT2D eigenvalue weighted by atomic mass is 32.2. The second-order valence-electron chi connectivity index (χ2n) is 7.07. The number of ether oxygens (including phenoxy) is 1. The molecule has 0 N–H and O–H groups in total. The number of rotatable bonds is 4. The summed E-state index contributed by atoms with van der Waals surface area (Å²) in [4.78, 5) is 12.0. The molecule has 2 aromatic rings. The first kappa shape index (κ1) is 17.0. The molecule has 5 heteroatoms. The Hall–Kier alpha value is -2.40. The molecule has 4 rings (SSSR count). The zero-order valence-corrected chi connectivity index (χ0v) is 15.3. The number of hydrogen-bond donors (Lipinski definition) is 0. The van der Waals surface area contributed by atoms with E-state index in [-0.39, 0.29) is 10.3 Å². The van der Waals surface area contributed by atoms with Crippen LogP contribution < -0.4 is 0 Å². The van der Waals surface area contributed by atoms with Crippen molar-refractivity contribution in [1.29, 1.82) is 0 Å². The van der Waals surface area contributed by atoms with Crippen LogP contribution in [0.15, 0.2) is 70.5 Å². The van der Waals surface area contributed by atoms with Crippen molar-refractivity contribution in [3.8, 4) is 0 Å². The van der Waals surface area contributed by atoms with Crippen molar-refractivity contribution < 1.29 is 17.9 Å². The first-order chi connectivity index (χ1) is 12.4. The summed E-state index contributed by atoms with van der Waals surface area (Å²) in [7, 11) is -2.34. The third-order valence-corrected chi connectivity index (χ3v) is 7.35. The van der Waals surface area contributed by atoms with Crippen LogP contribution in [0.4, 0.5) is 0 Å². The fourth-order valence-electron chi connectivity index (χ4n) is 4.11. The molecule has 0 aliphatic heterocycles. The Morgan fingerprint density at radius 2 is 1.88 bits per heavy atom. The lowest BCUT2D eigenvalue weighted by atomic mass is 9.80. The molecule has 0 aromatic heterocycles. The maximum atomic E-state index is 13.0. The molecule has 0 heterocycles. The lowest BCUT2D eigenvalue weighted by Gasteiger charge is -2.24. The molecule has 2 unspecified atom stereocenters. The maximum Gasteiger partial charge on any atom is 0.337 e. The van der Waals surface area contributed by atoms with Crippen molar-refractivity contribution in [2.24, 2.45) is 5.92 Å². The number of esters is 1. The number of allylic oxidation sites excluding steroid dienone is 2. The molecule has 26 heavy (non-hydrogen) atoms. The van der Waals surface area contributed by atoms with E-state index in [1.54, 1.807) is 6.07 Å². The fourth-order valence-corrected chi connectivity index (χ4v) is 5.41. The van der Waals surface area contributed by atoms with Gasteiger partial charge in [-0.25, -0.2) is 13.2 Å². The Balaban J connectivity index is 1.69. The fraction of sp³-hybridized carbons (Fsp3) is 0.286.